The molecule has 1 N–H and O–H groups in total. The molecule has 30 heavy (non-hydrogen) atoms. The molecule has 1 aliphatic heterocycles. The molecule has 0 saturated heterocycles. The summed E-state index contributed by atoms with van der Waals surface area (Å²) in [7, 11) is 3.00. The van der Waals surface area contributed by atoms with Crippen molar-refractivity contribution in [3.8, 4) is 5.75 Å². The predicted octanol–water partition coefficient (Wildman–Crippen LogP) is 2.25. The second kappa shape index (κ2) is 7.55. The van der Waals surface area contributed by atoms with E-state index in [1.807, 2.05) is 13.0 Å². The molecule has 2 aromatic carbocycles. The predicted molar refractivity (Wildman–Crippen MR) is 114 cm³/mol. The van der Waals surface area contributed by atoms with Gasteiger partial charge in [-0.1, -0.05) is 12.1 Å². The number of benzene rings is 2. The van der Waals surface area contributed by atoms with Crippen LogP contribution < -0.4 is 26.2 Å². The van der Waals surface area contributed by atoms with Crippen LogP contribution in [-0.2, 0) is 14.1 Å². The molecule has 0 radical (unpaired) electrons. The fraction of sp³-hybridized carbons (Fsp3) is 0.227. The van der Waals surface area contributed by atoms with Crippen molar-refractivity contribution in [2.45, 2.75) is 13.1 Å². The van der Waals surface area contributed by atoms with Crippen molar-refractivity contribution in [3.63, 3.8) is 0 Å². The molecule has 1 aromatic heterocycles. The Morgan fingerprint density at radius 2 is 1.70 bits per heavy atom. The number of hydrogen-bond acceptors (Lipinski definition) is 5. The van der Waals surface area contributed by atoms with Crippen LogP contribution in [0.5, 0.6) is 5.75 Å². The number of hydrogen-bond donors (Lipinski definition) is 1. The summed E-state index contributed by atoms with van der Waals surface area (Å²) in [5.41, 5.74) is 1.13. The second-order valence-corrected chi connectivity index (χ2v) is 7.04. The molecule has 8 heteroatoms. The smallest absolute Gasteiger partial charge is 0.330 e. The first-order valence-corrected chi connectivity index (χ1v) is 9.61. The maximum atomic E-state index is 13.4. The van der Waals surface area contributed by atoms with Crippen molar-refractivity contribution in [2.75, 3.05) is 16.8 Å². The Hall–Kier alpha value is -3.81. The summed E-state index contributed by atoms with van der Waals surface area (Å²) < 4.78 is 7.87. The zero-order valence-electron chi connectivity index (χ0n) is 17.0. The average Bonchev–Trinajstić information content (AvgIpc) is 2.76. The lowest BCUT2D eigenvalue weighted by Gasteiger charge is -2.37. The number of fused-ring (bicyclic) bond motifs is 1. The van der Waals surface area contributed by atoms with Gasteiger partial charge < -0.3 is 14.6 Å². The molecule has 1 aliphatic rings. The molecule has 4 rings (SSSR count). The Morgan fingerprint density at radius 1 is 1.00 bits per heavy atom. The van der Waals surface area contributed by atoms with Crippen molar-refractivity contribution in [3.05, 3.63) is 86.7 Å². The molecular weight excluding hydrogens is 384 g/mol. The van der Waals surface area contributed by atoms with Gasteiger partial charge in [0.25, 0.3) is 11.5 Å². The van der Waals surface area contributed by atoms with E-state index in [9.17, 15) is 14.4 Å². The third-order valence-corrected chi connectivity index (χ3v) is 5.12. The van der Waals surface area contributed by atoms with Crippen LogP contribution in [0, 0.1) is 0 Å². The van der Waals surface area contributed by atoms with Gasteiger partial charge in [0.1, 0.15) is 11.9 Å². The van der Waals surface area contributed by atoms with E-state index in [0.717, 1.165) is 4.57 Å². The van der Waals surface area contributed by atoms with Crippen LogP contribution in [0.25, 0.3) is 0 Å². The van der Waals surface area contributed by atoms with E-state index in [2.05, 4.69) is 5.32 Å². The second-order valence-electron chi connectivity index (χ2n) is 7.04. The summed E-state index contributed by atoms with van der Waals surface area (Å²) in [5, 5.41) is 3.29. The van der Waals surface area contributed by atoms with E-state index in [1.54, 1.807) is 49.5 Å². The Bertz CT molecular complexity index is 1230. The average molecular weight is 406 g/mol. The molecule has 3 aromatic rings. The summed E-state index contributed by atoms with van der Waals surface area (Å²) in [6, 6.07) is 14.3. The molecule has 0 aliphatic carbocycles. The summed E-state index contributed by atoms with van der Waals surface area (Å²) in [6.07, 6.45) is 0.696. The number of para-hydroxylation sites is 1. The third-order valence-electron chi connectivity index (χ3n) is 5.12. The third kappa shape index (κ3) is 3.16. The Balaban J connectivity index is 1.90. The standard InChI is InChI=1S/C22H22N4O4/c1-4-30-15-11-9-14(10-12-15)26-19(17-13-24(2)22(29)25(3)20(17)27)23-18-8-6-5-7-16(18)21(26)28/h5-13,19,23H,4H2,1-3H3/t19-/m0/s1. The molecule has 0 bridgehead atoms. The number of aryl methyl sites for hydroxylation is 1. The van der Waals surface area contributed by atoms with Crippen LogP contribution in [0.4, 0.5) is 11.4 Å². The van der Waals surface area contributed by atoms with Crippen LogP contribution in [0.1, 0.15) is 29.0 Å². The van der Waals surface area contributed by atoms with E-state index in [-0.39, 0.29) is 11.5 Å². The van der Waals surface area contributed by atoms with Crippen molar-refractivity contribution in [1.29, 1.82) is 0 Å². The lowest BCUT2D eigenvalue weighted by molar-refractivity contribution is 0.0974. The van der Waals surface area contributed by atoms with Gasteiger partial charge in [-0.15, -0.1) is 0 Å². The topological polar surface area (TPSA) is 85.6 Å². The van der Waals surface area contributed by atoms with E-state index in [0.29, 0.717) is 29.3 Å². The number of rotatable bonds is 4. The summed E-state index contributed by atoms with van der Waals surface area (Å²) >= 11 is 0. The Morgan fingerprint density at radius 3 is 2.40 bits per heavy atom. The highest BCUT2D eigenvalue weighted by molar-refractivity contribution is 6.12. The number of ether oxygens (including phenoxy) is 1. The highest BCUT2D eigenvalue weighted by atomic mass is 16.5. The molecule has 0 saturated carbocycles. The minimum atomic E-state index is -0.782. The first-order valence-electron chi connectivity index (χ1n) is 9.61. The maximum absolute atomic E-state index is 13.4. The van der Waals surface area contributed by atoms with Crippen molar-refractivity contribution in [2.24, 2.45) is 14.1 Å². The first-order chi connectivity index (χ1) is 14.4. The molecule has 0 fully saturated rings. The zero-order chi connectivity index (χ0) is 21.4. The quantitative estimate of drug-likeness (QED) is 0.718. The van der Waals surface area contributed by atoms with Crippen molar-refractivity contribution < 1.29 is 9.53 Å². The van der Waals surface area contributed by atoms with Gasteiger partial charge in [-0.2, -0.15) is 0 Å². The lowest BCUT2D eigenvalue weighted by atomic mass is 10.0. The highest BCUT2D eigenvalue weighted by Gasteiger charge is 2.36. The molecule has 0 unspecified atom stereocenters. The molecule has 1 amide bonds. The van der Waals surface area contributed by atoms with Crippen LogP contribution in [-0.4, -0.2) is 21.6 Å². The van der Waals surface area contributed by atoms with E-state index in [1.165, 1.54) is 22.7 Å². The molecule has 2 heterocycles. The summed E-state index contributed by atoms with van der Waals surface area (Å²) in [4.78, 5) is 40.0. The van der Waals surface area contributed by atoms with Gasteiger partial charge in [0, 0.05) is 31.7 Å². The van der Waals surface area contributed by atoms with Crippen LogP contribution in [0.2, 0.25) is 0 Å². The lowest BCUT2D eigenvalue weighted by Crippen LogP contribution is -2.48. The number of nitrogens with one attached hydrogen (secondary N) is 1. The minimum absolute atomic E-state index is 0.241. The van der Waals surface area contributed by atoms with Crippen molar-refractivity contribution >= 4 is 17.3 Å². The van der Waals surface area contributed by atoms with Crippen LogP contribution in [0.15, 0.2) is 64.3 Å². The highest BCUT2D eigenvalue weighted by Crippen LogP contribution is 2.36. The number of nitrogens with zero attached hydrogens (tertiary/aromatic N) is 3. The van der Waals surface area contributed by atoms with E-state index >= 15 is 0 Å². The monoisotopic (exact) mass is 406 g/mol. The molecule has 154 valence electrons. The fourth-order valence-electron chi connectivity index (χ4n) is 3.63. The van der Waals surface area contributed by atoms with Crippen LogP contribution >= 0.6 is 0 Å². The normalized spacial score (nSPS) is 15.5. The maximum Gasteiger partial charge on any atom is 0.330 e. The first kappa shape index (κ1) is 19.5. The minimum Gasteiger partial charge on any atom is -0.494 e. The fourth-order valence-corrected chi connectivity index (χ4v) is 3.63. The number of amides is 1. The zero-order valence-corrected chi connectivity index (χ0v) is 17.0. The van der Waals surface area contributed by atoms with Gasteiger partial charge >= 0.3 is 5.69 Å². The Labute approximate surface area is 172 Å². The number of aromatic nitrogens is 2. The summed E-state index contributed by atoms with van der Waals surface area (Å²) in [5.74, 6) is 0.447. The SMILES string of the molecule is CCOc1ccc(N2C(=O)c3ccccc3N[C@@H]2c2cn(C)c(=O)n(C)c2=O)cc1. The summed E-state index contributed by atoms with van der Waals surface area (Å²) in [6.45, 7) is 2.43. The Kier molecular flexibility index (Phi) is 4.91. The van der Waals surface area contributed by atoms with Gasteiger partial charge in [0.05, 0.1) is 17.7 Å². The largest absolute Gasteiger partial charge is 0.494 e. The number of carbonyl (C=O) groups is 1. The van der Waals surface area contributed by atoms with Gasteiger partial charge in [-0.3, -0.25) is 19.1 Å². The van der Waals surface area contributed by atoms with Gasteiger partial charge in [0.15, 0.2) is 0 Å². The molecule has 0 spiro atoms. The van der Waals surface area contributed by atoms with E-state index < -0.39 is 17.4 Å². The van der Waals surface area contributed by atoms with Crippen molar-refractivity contribution in [1.82, 2.24) is 9.13 Å². The van der Waals surface area contributed by atoms with Gasteiger partial charge in [-0.25, -0.2) is 4.79 Å². The molecular formula is C22H22N4O4. The number of carbonyl (C=O) groups excluding carboxylic acids is 1. The molecule has 1 atom stereocenters. The number of anilines is 2. The molecule has 8 nitrogen and oxygen atoms in total. The van der Waals surface area contributed by atoms with Gasteiger partial charge in [0.2, 0.25) is 0 Å². The van der Waals surface area contributed by atoms with Crippen LogP contribution in [0.3, 0.4) is 0 Å². The van der Waals surface area contributed by atoms with Gasteiger partial charge in [-0.05, 0) is 43.3 Å². The van der Waals surface area contributed by atoms with E-state index in [4.69, 9.17) is 4.74 Å².